The Labute approximate surface area is 185 Å². The van der Waals surface area contributed by atoms with E-state index in [2.05, 4.69) is 5.32 Å². The number of carboxylic acid groups (broad SMARTS) is 2. The number of benzene rings is 1. The number of hydrogen-bond donors (Lipinski definition) is 3. The zero-order chi connectivity index (χ0) is 22.4. The first-order valence-corrected chi connectivity index (χ1v) is 12.9. The summed E-state index contributed by atoms with van der Waals surface area (Å²) in [5, 5.41) is 23.6. The molecule has 2 aliphatic rings. The van der Waals surface area contributed by atoms with E-state index < -0.39 is 28.0 Å². The molecule has 2 aliphatic heterocycles. The molecule has 31 heavy (non-hydrogen) atoms. The highest BCUT2D eigenvalue weighted by Crippen LogP contribution is 2.26. The first-order chi connectivity index (χ1) is 14.8. The van der Waals surface area contributed by atoms with Gasteiger partial charge in [0.25, 0.3) is 0 Å². The van der Waals surface area contributed by atoms with Gasteiger partial charge in [-0.3, -0.25) is 9.59 Å². The maximum Gasteiger partial charge on any atom is 0.322 e. The smallest absolute Gasteiger partial charge is 0.322 e. The van der Waals surface area contributed by atoms with Gasteiger partial charge in [0, 0.05) is 11.2 Å². The van der Waals surface area contributed by atoms with E-state index in [1.54, 1.807) is 17.4 Å². The molecule has 3 heterocycles. The lowest BCUT2D eigenvalue weighted by Crippen LogP contribution is -2.48. The molecule has 10 heteroatoms. The number of rotatable bonds is 5. The Morgan fingerprint density at radius 2 is 1.84 bits per heavy atom. The molecule has 1 unspecified atom stereocenters. The molecule has 0 aliphatic carbocycles. The van der Waals surface area contributed by atoms with Crippen molar-refractivity contribution in [2.45, 2.75) is 56.4 Å². The Kier molecular flexibility index (Phi) is 8.04. The van der Waals surface area contributed by atoms with E-state index >= 15 is 0 Å². The summed E-state index contributed by atoms with van der Waals surface area (Å²) >= 11 is 1.61. The molecule has 1 aromatic heterocycles. The molecular formula is C21H28N2O6S2. The lowest BCUT2D eigenvalue weighted by Gasteiger charge is -2.31. The fourth-order valence-electron chi connectivity index (χ4n) is 3.95. The van der Waals surface area contributed by atoms with Gasteiger partial charge in [0.15, 0.2) is 0 Å². The lowest BCUT2D eigenvalue weighted by atomic mass is 10.1. The van der Waals surface area contributed by atoms with Gasteiger partial charge >= 0.3 is 11.9 Å². The van der Waals surface area contributed by atoms with E-state index in [-0.39, 0.29) is 11.8 Å². The minimum atomic E-state index is -3.63. The number of carboxylic acids is 2. The molecule has 0 radical (unpaired) electrons. The van der Waals surface area contributed by atoms with Crippen LogP contribution in [-0.4, -0.2) is 60.0 Å². The predicted molar refractivity (Wildman–Crippen MR) is 120 cm³/mol. The van der Waals surface area contributed by atoms with E-state index in [0.717, 1.165) is 46.6 Å². The van der Waals surface area contributed by atoms with Gasteiger partial charge < -0.3 is 15.5 Å². The second-order valence-electron chi connectivity index (χ2n) is 7.85. The summed E-state index contributed by atoms with van der Waals surface area (Å²) in [4.78, 5) is 21.6. The van der Waals surface area contributed by atoms with Crippen molar-refractivity contribution in [1.29, 1.82) is 0 Å². The van der Waals surface area contributed by atoms with Gasteiger partial charge in [-0.15, -0.1) is 11.3 Å². The Morgan fingerprint density at radius 3 is 2.48 bits per heavy atom. The molecule has 4 rings (SSSR count). The Bertz CT molecular complexity index is 1010. The van der Waals surface area contributed by atoms with Crippen molar-refractivity contribution < 1.29 is 28.2 Å². The number of aliphatic carboxylic acids is 2. The molecule has 1 aromatic carbocycles. The summed E-state index contributed by atoms with van der Waals surface area (Å²) in [7, 11) is -3.63. The van der Waals surface area contributed by atoms with Crippen molar-refractivity contribution in [1.82, 2.24) is 9.62 Å². The number of piperidine rings is 2. The van der Waals surface area contributed by atoms with Crippen molar-refractivity contribution in [3.05, 3.63) is 35.2 Å². The monoisotopic (exact) mass is 468 g/mol. The van der Waals surface area contributed by atoms with Crippen molar-refractivity contribution in [3.8, 4) is 0 Å². The van der Waals surface area contributed by atoms with E-state index in [1.807, 2.05) is 23.6 Å². The largest absolute Gasteiger partial charge is 0.480 e. The number of sulfonamides is 1. The molecular weight excluding hydrogens is 440 g/mol. The summed E-state index contributed by atoms with van der Waals surface area (Å²) in [6, 6.07) is 6.33. The van der Waals surface area contributed by atoms with E-state index in [1.165, 1.54) is 0 Å². The third-order valence-corrected chi connectivity index (χ3v) is 8.32. The molecule has 0 saturated carbocycles. The normalized spacial score (nSPS) is 22.5. The summed E-state index contributed by atoms with van der Waals surface area (Å²) in [5.41, 5.74) is 0.695. The first kappa shape index (κ1) is 23.6. The number of fused-ring (bicyclic) bond motifs is 1. The fourth-order valence-corrected chi connectivity index (χ4v) is 6.47. The van der Waals surface area contributed by atoms with Gasteiger partial charge in [-0.2, -0.15) is 4.31 Å². The summed E-state index contributed by atoms with van der Waals surface area (Å²) < 4.78 is 27.5. The van der Waals surface area contributed by atoms with Crippen molar-refractivity contribution >= 4 is 43.4 Å². The average molecular weight is 469 g/mol. The fraction of sp³-hybridized carbons (Fsp3) is 0.524. The van der Waals surface area contributed by atoms with Crippen LogP contribution in [0.3, 0.4) is 0 Å². The van der Waals surface area contributed by atoms with Gasteiger partial charge in [-0.25, -0.2) is 8.42 Å². The molecule has 0 bridgehead atoms. The Morgan fingerprint density at radius 1 is 1.06 bits per heavy atom. The number of carbonyl (C=O) groups is 2. The lowest BCUT2D eigenvalue weighted by molar-refractivity contribution is -0.142. The van der Waals surface area contributed by atoms with Crippen LogP contribution in [0.15, 0.2) is 29.6 Å². The van der Waals surface area contributed by atoms with Crippen LogP contribution in [0.2, 0.25) is 0 Å². The quantitative estimate of drug-likeness (QED) is 0.616. The van der Waals surface area contributed by atoms with Crippen LogP contribution in [0.5, 0.6) is 0 Å². The predicted octanol–water partition coefficient (Wildman–Crippen LogP) is 2.88. The van der Waals surface area contributed by atoms with Gasteiger partial charge in [-0.05, 0) is 73.2 Å². The van der Waals surface area contributed by atoms with Crippen LogP contribution in [0.4, 0.5) is 0 Å². The molecule has 0 spiro atoms. The summed E-state index contributed by atoms with van der Waals surface area (Å²) in [6.45, 7) is 1.15. The third-order valence-electron chi connectivity index (χ3n) is 5.57. The Balaban J connectivity index is 0.000000254. The van der Waals surface area contributed by atoms with Gasteiger partial charge in [0.1, 0.15) is 12.1 Å². The second kappa shape index (κ2) is 10.5. The minimum absolute atomic E-state index is 0.150. The first-order valence-electron chi connectivity index (χ1n) is 10.4. The average Bonchev–Trinajstić information content (AvgIpc) is 3.22. The maximum absolute atomic E-state index is 12.6. The van der Waals surface area contributed by atoms with E-state index in [0.29, 0.717) is 24.9 Å². The van der Waals surface area contributed by atoms with E-state index in [4.69, 9.17) is 5.11 Å². The number of nitrogens with zero attached hydrogens (tertiary/aromatic N) is 1. The highest BCUT2D eigenvalue weighted by molar-refractivity contribution is 7.88. The molecule has 2 atom stereocenters. The van der Waals surface area contributed by atoms with E-state index in [9.17, 15) is 23.1 Å². The van der Waals surface area contributed by atoms with Gasteiger partial charge in [0.2, 0.25) is 10.0 Å². The highest BCUT2D eigenvalue weighted by Gasteiger charge is 2.36. The van der Waals surface area contributed by atoms with Crippen molar-refractivity contribution in [2.75, 3.05) is 13.1 Å². The van der Waals surface area contributed by atoms with Gasteiger partial charge in [-0.1, -0.05) is 12.5 Å². The second-order valence-corrected chi connectivity index (χ2v) is 10.7. The molecule has 2 saturated heterocycles. The molecule has 3 N–H and O–H groups in total. The number of hydrogen-bond acceptors (Lipinski definition) is 6. The highest BCUT2D eigenvalue weighted by atomic mass is 32.2. The van der Waals surface area contributed by atoms with Crippen LogP contribution >= 0.6 is 11.3 Å². The van der Waals surface area contributed by atoms with Crippen LogP contribution in [-0.2, 0) is 25.4 Å². The molecule has 0 amide bonds. The molecule has 2 fully saturated rings. The number of thiophene rings is 1. The third kappa shape index (κ3) is 6.25. The summed E-state index contributed by atoms with van der Waals surface area (Å²) in [5.74, 6) is -1.92. The van der Waals surface area contributed by atoms with Crippen molar-refractivity contribution in [3.63, 3.8) is 0 Å². The van der Waals surface area contributed by atoms with Crippen molar-refractivity contribution in [2.24, 2.45) is 0 Å². The minimum Gasteiger partial charge on any atom is -0.480 e. The Hall–Kier alpha value is -2.01. The zero-order valence-corrected chi connectivity index (χ0v) is 18.8. The standard InChI is InChI=1S/C15H17NO4S2.C6H11NO2/c17-15(18)13-3-1-2-7-16(13)22(19,20)10-11-4-5-14-12(9-11)6-8-21-14;8-6(9)5-3-1-2-4-7-5/h4-6,8-9,13H,1-3,7,10H2,(H,17,18);5,7H,1-4H2,(H,8,9)/t13-;/m1./s1. The topological polar surface area (TPSA) is 124 Å². The molecule has 170 valence electrons. The maximum atomic E-state index is 12.6. The molecule has 2 aromatic rings. The number of nitrogens with one attached hydrogen (secondary N) is 1. The van der Waals surface area contributed by atoms with Crippen LogP contribution in [0.25, 0.3) is 10.1 Å². The van der Waals surface area contributed by atoms with Gasteiger partial charge in [0.05, 0.1) is 5.75 Å². The zero-order valence-electron chi connectivity index (χ0n) is 17.2. The van der Waals surface area contributed by atoms with Crippen LogP contribution < -0.4 is 5.32 Å². The summed E-state index contributed by atoms with van der Waals surface area (Å²) in [6.07, 6.45) is 4.80. The SMILES string of the molecule is O=C(O)C1CCCCN1.O=C(O)[C@H]1CCCCN1S(=O)(=O)Cc1ccc2sccc2c1. The van der Waals surface area contributed by atoms with Crippen LogP contribution in [0, 0.1) is 0 Å². The molecule has 8 nitrogen and oxygen atoms in total. The van der Waals surface area contributed by atoms with Crippen LogP contribution in [0.1, 0.15) is 44.1 Å².